The van der Waals surface area contributed by atoms with Gasteiger partial charge in [0.1, 0.15) is 25.1 Å². The van der Waals surface area contributed by atoms with Gasteiger partial charge in [0, 0.05) is 18.5 Å². The van der Waals surface area contributed by atoms with Crippen molar-refractivity contribution in [1.29, 1.82) is 0 Å². The second kappa shape index (κ2) is 14.8. The lowest BCUT2D eigenvalue weighted by atomic mass is 9.60. The maximum Gasteiger partial charge on any atom is 0.254 e. The summed E-state index contributed by atoms with van der Waals surface area (Å²) in [5, 5.41) is 2.39. The molecule has 2 atom stereocenters. The molecule has 1 aromatic rings. The maximum atomic E-state index is 14.4. The number of rotatable bonds is 5. The summed E-state index contributed by atoms with van der Waals surface area (Å²) in [6.45, 7) is 13.1. The molecule has 2 unspecified atom stereocenters. The van der Waals surface area contributed by atoms with E-state index in [0.29, 0.717) is 6.61 Å². The Hall–Kier alpha value is -2.61. The van der Waals surface area contributed by atoms with Gasteiger partial charge >= 0.3 is 0 Å². The molecule has 1 aliphatic heterocycles. The SMILES string of the molecule is C=O.C=O.CN1CCC1.CNC(=O)c1cc(C(C)=O)c(OCC2(C)CC3CC(C)CC(C3)C2)cc1F. The average molecular weight is 507 g/mol. The van der Waals surface area contributed by atoms with E-state index in [1.54, 1.807) is 0 Å². The van der Waals surface area contributed by atoms with Crippen LogP contribution in [0.2, 0.25) is 0 Å². The Balaban J connectivity index is 0.000000620. The highest BCUT2D eigenvalue weighted by molar-refractivity contribution is 6.01. The molecule has 0 radical (unpaired) electrons. The molecule has 1 amide bonds. The minimum Gasteiger partial charge on any atom is -0.492 e. The average Bonchev–Trinajstić information content (AvgIpc) is 2.83. The van der Waals surface area contributed by atoms with E-state index >= 15 is 0 Å². The summed E-state index contributed by atoms with van der Waals surface area (Å²) in [4.78, 5) is 42.2. The van der Waals surface area contributed by atoms with E-state index in [9.17, 15) is 14.0 Å². The van der Waals surface area contributed by atoms with Crippen LogP contribution in [0.1, 0.15) is 80.0 Å². The van der Waals surface area contributed by atoms with Crippen LogP contribution in [-0.2, 0) is 9.59 Å². The van der Waals surface area contributed by atoms with E-state index in [1.165, 1.54) is 64.9 Å². The van der Waals surface area contributed by atoms with Gasteiger partial charge < -0.3 is 24.5 Å². The number of nitrogens with one attached hydrogen (secondary N) is 1. The van der Waals surface area contributed by atoms with Gasteiger partial charge in [0.05, 0.1) is 17.7 Å². The van der Waals surface area contributed by atoms with Gasteiger partial charge in [-0.15, -0.1) is 0 Å². The van der Waals surface area contributed by atoms with E-state index in [0.717, 1.165) is 30.6 Å². The number of hydrogen-bond donors (Lipinski definition) is 1. The van der Waals surface area contributed by atoms with Gasteiger partial charge in [-0.2, -0.15) is 0 Å². The number of halogens is 1. The lowest BCUT2D eigenvalue weighted by Gasteiger charge is -2.47. The number of ketones is 1. The summed E-state index contributed by atoms with van der Waals surface area (Å²) in [6.07, 6.45) is 7.51. The van der Waals surface area contributed by atoms with Gasteiger partial charge in [0.2, 0.25) is 0 Å². The topological polar surface area (TPSA) is 92.8 Å². The second-order valence-corrected chi connectivity index (χ2v) is 10.7. The van der Waals surface area contributed by atoms with Crippen molar-refractivity contribution in [2.24, 2.45) is 23.2 Å². The Labute approximate surface area is 215 Å². The highest BCUT2D eigenvalue weighted by atomic mass is 19.1. The number of fused-ring (bicyclic) bond motifs is 2. The number of likely N-dealkylation sites (tertiary alicyclic amines) is 1. The van der Waals surface area contributed by atoms with Crippen LogP contribution in [0.25, 0.3) is 0 Å². The third kappa shape index (κ3) is 8.80. The van der Waals surface area contributed by atoms with Gasteiger partial charge in [-0.1, -0.05) is 13.8 Å². The van der Waals surface area contributed by atoms with Crippen molar-refractivity contribution < 1.29 is 28.3 Å². The van der Waals surface area contributed by atoms with Gasteiger partial charge in [0.25, 0.3) is 5.91 Å². The molecule has 3 fully saturated rings. The minimum atomic E-state index is -0.672. The maximum absolute atomic E-state index is 14.4. The first-order chi connectivity index (χ1) is 17.1. The summed E-state index contributed by atoms with van der Waals surface area (Å²) in [6, 6.07) is 2.47. The molecule has 202 valence electrons. The first-order valence-corrected chi connectivity index (χ1v) is 12.6. The van der Waals surface area contributed by atoms with Crippen LogP contribution in [0.15, 0.2) is 12.1 Å². The quantitative estimate of drug-likeness (QED) is 0.588. The van der Waals surface area contributed by atoms with Crippen molar-refractivity contribution >= 4 is 25.3 Å². The molecular formula is C28H43FN2O5. The molecule has 4 rings (SSSR count). The Morgan fingerprint density at radius 3 is 2.03 bits per heavy atom. The van der Waals surface area contributed by atoms with E-state index in [-0.39, 0.29) is 28.1 Å². The van der Waals surface area contributed by atoms with Crippen LogP contribution >= 0.6 is 0 Å². The molecule has 7 nitrogen and oxygen atoms in total. The summed E-state index contributed by atoms with van der Waals surface area (Å²) >= 11 is 0. The minimum absolute atomic E-state index is 0.0394. The molecule has 2 aliphatic carbocycles. The van der Waals surface area contributed by atoms with E-state index in [4.69, 9.17) is 14.3 Å². The first kappa shape index (κ1) is 31.4. The number of nitrogens with zero attached hydrogens (tertiary/aromatic N) is 1. The molecule has 3 aliphatic rings. The van der Waals surface area contributed by atoms with Crippen LogP contribution in [-0.4, -0.2) is 64.0 Å². The van der Waals surface area contributed by atoms with Crippen molar-refractivity contribution in [2.45, 2.75) is 59.3 Å². The van der Waals surface area contributed by atoms with Crippen LogP contribution < -0.4 is 10.1 Å². The highest BCUT2D eigenvalue weighted by Crippen LogP contribution is 2.50. The normalized spacial score (nSPS) is 26.2. The highest BCUT2D eigenvalue weighted by Gasteiger charge is 2.41. The van der Waals surface area contributed by atoms with E-state index in [1.807, 2.05) is 13.6 Å². The van der Waals surface area contributed by atoms with Crippen LogP contribution in [0.5, 0.6) is 5.75 Å². The number of ether oxygens (including phenoxy) is 1. The van der Waals surface area contributed by atoms with Gasteiger partial charge in [-0.3, -0.25) is 9.59 Å². The molecule has 1 heterocycles. The summed E-state index contributed by atoms with van der Waals surface area (Å²) < 4.78 is 20.4. The van der Waals surface area contributed by atoms with E-state index in [2.05, 4.69) is 31.1 Å². The molecule has 8 heteroatoms. The molecule has 1 N–H and O–H groups in total. The number of hydrogen-bond acceptors (Lipinski definition) is 6. The molecule has 1 aromatic carbocycles. The van der Waals surface area contributed by atoms with Crippen molar-refractivity contribution in [3.8, 4) is 5.75 Å². The Kier molecular flexibility index (Phi) is 12.9. The first-order valence-electron chi connectivity index (χ1n) is 12.6. The van der Waals surface area contributed by atoms with Crippen molar-refractivity contribution in [1.82, 2.24) is 10.2 Å². The molecular weight excluding hydrogens is 463 g/mol. The number of amides is 1. The van der Waals surface area contributed by atoms with Gasteiger partial charge in [-0.05, 0) is 89.4 Å². The van der Waals surface area contributed by atoms with E-state index < -0.39 is 11.7 Å². The van der Waals surface area contributed by atoms with Crippen LogP contribution in [0, 0.1) is 29.0 Å². The lowest BCUT2D eigenvalue weighted by Crippen LogP contribution is -2.39. The van der Waals surface area contributed by atoms with Crippen molar-refractivity contribution in [3.05, 3.63) is 29.1 Å². The predicted molar refractivity (Wildman–Crippen MR) is 139 cm³/mol. The third-order valence-electron chi connectivity index (χ3n) is 7.28. The summed E-state index contributed by atoms with van der Waals surface area (Å²) in [7, 11) is 3.57. The fourth-order valence-corrected chi connectivity index (χ4v) is 5.81. The zero-order valence-electron chi connectivity index (χ0n) is 22.5. The second-order valence-electron chi connectivity index (χ2n) is 10.7. The number of benzene rings is 1. The van der Waals surface area contributed by atoms with Gasteiger partial charge in [0.15, 0.2) is 5.78 Å². The largest absolute Gasteiger partial charge is 0.492 e. The molecule has 0 spiro atoms. The summed E-state index contributed by atoms with van der Waals surface area (Å²) in [5.41, 5.74) is 0.156. The third-order valence-corrected chi connectivity index (χ3v) is 7.28. The van der Waals surface area contributed by atoms with Crippen molar-refractivity contribution in [3.63, 3.8) is 0 Å². The number of carbonyl (C=O) groups excluding carboxylic acids is 4. The zero-order chi connectivity index (χ0) is 27.5. The Bertz CT molecular complexity index is 854. The Morgan fingerprint density at radius 1 is 1.08 bits per heavy atom. The molecule has 36 heavy (non-hydrogen) atoms. The van der Waals surface area contributed by atoms with Crippen LogP contribution in [0.4, 0.5) is 4.39 Å². The van der Waals surface area contributed by atoms with Gasteiger partial charge in [-0.25, -0.2) is 4.39 Å². The lowest BCUT2D eigenvalue weighted by molar-refractivity contribution is -0.0987. The molecule has 2 saturated carbocycles. The molecule has 2 bridgehead atoms. The predicted octanol–water partition coefficient (Wildman–Crippen LogP) is 4.57. The molecule has 1 saturated heterocycles. The summed E-state index contributed by atoms with van der Waals surface area (Å²) in [5.74, 6) is 1.04. The smallest absolute Gasteiger partial charge is 0.254 e. The fraction of sp³-hybridized carbons (Fsp3) is 0.643. The number of carbonyl (C=O) groups is 4. The van der Waals surface area contributed by atoms with Crippen molar-refractivity contribution in [2.75, 3.05) is 33.8 Å². The monoisotopic (exact) mass is 506 g/mol. The zero-order valence-corrected chi connectivity index (χ0v) is 22.5. The number of Topliss-reactive ketones (excluding diaryl/α,β-unsaturated/α-hetero) is 1. The standard InChI is InChI=1S/C22H30FNO3.C4H9N.2CH2O/c1-13-5-15-7-16(6-13)11-22(3,10-15)12-27-20-9-19(23)18(21(26)24-4)8-17(20)14(2)25;1-5-3-2-4-5;2*1-2/h8-9,13,15-16H,5-7,10-12H2,1-4H3,(H,24,26);2-4H2,1H3;2*1H2. The molecule has 0 aromatic heterocycles. The fourth-order valence-electron chi connectivity index (χ4n) is 5.81. The Morgan fingerprint density at radius 2 is 1.61 bits per heavy atom. The van der Waals surface area contributed by atoms with Crippen LogP contribution in [0.3, 0.4) is 0 Å².